The van der Waals surface area contributed by atoms with Crippen LogP contribution in [0.4, 0.5) is 0 Å². The molecule has 18 heavy (non-hydrogen) atoms. The molecule has 1 aromatic rings. The van der Waals surface area contributed by atoms with Crippen molar-refractivity contribution in [3.05, 3.63) is 28.2 Å². The van der Waals surface area contributed by atoms with Crippen LogP contribution < -0.4 is 10.1 Å². The molecular formula is C12H16BrNO4. The number of benzene rings is 1. The molecule has 0 radical (unpaired) electrons. The number of aliphatic hydroxyl groups excluding tert-OH is 1. The Hall–Kier alpha value is -1.11. The zero-order valence-electron chi connectivity index (χ0n) is 10.1. The summed E-state index contributed by atoms with van der Waals surface area (Å²) in [5.74, 6) is 0.424. The molecule has 1 rings (SSSR count). The van der Waals surface area contributed by atoms with Crippen LogP contribution in [0.3, 0.4) is 0 Å². The Morgan fingerprint density at radius 3 is 2.89 bits per heavy atom. The van der Waals surface area contributed by atoms with Gasteiger partial charge in [-0.2, -0.15) is 0 Å². The lowest BCUT2D eigenvalue weighted by molar-refractivity contribution is 0.0837. The van der Waals surface area contributed by atoms with Crippen molar-refractivity contribution in [1.82, 2.24) is 5.32 Å². The maximum absolute atomic E-state index is 11.9. The first-order valence-electron chi connectivity index (χ1n) is 5.49. The number of hydrogen-bond acceptors (Lipinski definition) is 4. The van der Waals surface area contributed by atoms with Gasteiger partial charge in [-0.1, -0.05) is 0 Å². The van der Waals surface area contributed by atoms with Crippen molar-refractivity contribution in [2.75, 3.05) is 33.5 Å². The van der Waals surface area contributed by atoms with Crippen molar-refractivity contribution in [3.8, 4) is 5.75 Å². The van der Waals surface area contributed by atoms with E-state index in [1.165, 1.54) is 0 Å². The van der Waals surface area contributed by atoms with Gasteiger partial charge in [0.15, 0.2) is 0 Å². The molecule has 0 heterocycles. The number of aliphatic hydroxyl groups is 1. The first-order chi connectivity index (χ1) is 8.69. The molecule has 0 bridgehead atoms. The first-order valence-corrected chi connectivity index (χ1v) is 6.28. The van der Waals surface area contributed by atoms with Gasteiger partial charge in [-0.15, -0.1) is 0 Å². The molecule has 0 spiro atoms. The highest BCUT2D eigenvalue weighted by Gasteiger charge is 2.10. The van der Waals surface area contributed by atoms with Gasteiger partial charge in [0.05, 0.1) is 32.5 Å². The fourth-order valence-electron chi connectivity index (χ4n) is 1.30. The van der Waals surface area contributed by atoms with Gasteiger partial charge in [-0.25, -0.2) is 0 Å². The van der Waals surface area contributed by atoms with Crippen molar-refractivity contribution >= 4 is 21.8 Å². The van der Waals surface area contributed by atoms with Crippen molar-refractivity contribution in [2.45, 2.75) is 0 Å². The number of nitrogens with one attached hydrogen (secondary N) is 1. The maximum Gasteiger partial charge on any atom is 0.252 e. The summed E-state index contributed by atoms with van der Waals surface area (Å²) in [6.45, 7) is 1.02. The van der Waals surface area contributed by atoms with E-state index in [9.17, 15) is 4.79 Å². The predicted molar refractivity (Wildman–Crippen MR) is 70.9 cm³/mol. The second-order valence-electron chi connectivity index (χ2n) is 3.44. The minimum Gasteiger partial charge on any atom is -0.497 e. The summed E-state index contributed by atoms with van der Waals surface area (Å²) in [7, 11) is 1.55. The molecule has 100 valence electrons. The van der Waals surface area contributed by atoms with Crippen molar-refractivity contribution in [3.63, 3.8) is 0 Å². The molecule has 0 saturated heterocycles. The van der Waals surface area contributed by atoms with Crippen LogP contribution in [0.25, 0.3) is 0 Å². The molecule has 6 heteroatoms. The summed E-state index contributed by atoms with van der Waals surface area (Å²) >= 11 is 3.31. The van der Waals surface area contributed by atoms with Crippen molar-refractivity contribution in [2.24, 2.45) is 0 Å². The van der Waals surface area contributed by atoms with Crippen LogP contribution >= 0.6 is 15.9 Å². The molecule has 0 fully saturated rings. The lowest BCUT2D eigenvalue weighted by Gasteiger charge is -2.08. The van der Waals surface area contributed by atoms with E-state index in [1.807, 2.05) is 0 Å². The van der Waals surface area contributed by atoms with E-state index in [1.54, 1.807) is 25.3 Å². The van der Waals surface area contributed by atoms with Gasteiger partial charge in [0.25, 0.3) is 5.91 Å². The SMILES string of the molecule is COc1ccc(Br)c(C(=O)NCCOCCO)c1. The number of carbonyl (C=O) groups excluding carboxylic acids is 1. The van der Waals surface area contributed by atoms with Gasteiger partial charge in [-0.3, -0.25) is 4.79 Å². The van der Waals surface area contributed by atoms with Gasteiger partial charge in [0.1, 0.15) is 5.75 Å². The Labute approximate surface area is 114 Å². The van der Waals surface area contributed by atoms with Crippen LogP contribution in [-0.4, -0.2) is 44.5 Å². The molecule has 0 unspecified atom stereocenters. The van der Waals surface area contributed by atoms with Crippen LogP contribution in [0.2, 0.25) is 0 Å². The third-order valence-corrected chi connectivity index (χ3v) is 2.88. The zero-order valence-corrected chi connectivity index (χ0v) is 11.7. The van der Waals surface area contributed by atoms with Crippen molar-refractivity contribution < 1.29 is 19.4 Å². The number of methoxy groups -OCH3 is 1. The molecule has 0 aliphatic heterocycles. The summed E-state index contributed by atoms with van der Waals surface area (Å²) in [5, 5.41) is 11.2. The number of halogens is 1. The highest BCUT2D eigenvalue weighted by Crippen LogP contribution is 2.22. The van der Waals surface area contributed by atoms with Crippen LogP contribution in [0, 0.1) is 0 Å². The fraction of sp³-hybridized carbons (Fsp3) is 0.417. The molecule has 5 nitrogen and oxygen atoms in total. The number of amides is 1. The van der Waals surface area contributed by atoms with Gasteiger partial charge < -0.3 is 19.9 Å². The number of rotatable bonds is 7. The summed E-state index contributed by atoms with van der Waals surface area (Å²) in [5.41, 5.74) is 0.511. The Bertz CT molecular complexity index is 398. The Morgan fingerprint density at radius 1 is 1.44 bits per heavy atom. The molecule has 1 aromatic carbocycles. The van der Waals surface area contributed by atoms with Gasteiger partial charge >= 0.3 is 0 Å². The highest BCUT2D eigenvalue weighted by atomic mass is 79.9. The Kier molecular flexibility index (Phi) is 6.70. The summed E-state index contributed by atoms with van der Waals surface area (Å²) in [6.07, 6.45) is 0. The van der Waals surface area contributed by atoms with E-state index >= 15 is 0 Å². The zero-order chi connectivity index (χ0) is 13.4. The van der Waals surface area contributed by atoms with E-state index in [0.29, 0.717) is 28.9 Å². The second kappa shape index (κ2) is 8.07. The van der Waals surface area contributed by atoms with E-state index in [2.05, 4.69) is 21.2 Å². The number of hydrogen-bond donors (Lipinski definition) is 2. The summed E-state index contributed by atoms with van der Waals surface area (Å²) in [6, 6.07) is 5.19. The first kappa shape index (κ1) is 14.9. The molecule has 0 aromatic heterocycles. The van der Waals surface area contributed by atoms with Crippen LogP contribution in [-0.2, 0) is 4.74 Å². The van der Waals surface area contributed by atoms with Gasteiger partial charge in [-0.05, 0) is 34.1 Å². The number of ether oxygens (including phenoxy) is 2. The topological polar surface area (TPSA) is 67.8 Å². The van der Waals surface area contributed by atoms with Gasteiger partial charge in [0, 0.05) is 11.0 Å². The fourth-order valence-corrected chi connectivity index (χ4v) is 1.73. The lowest BCUT2D eigenvalue weighted by Crippen LogP contribution is -2.27. The molecule has 0 aliphatic rings. The second-order valence-corrected chi connectivity index (χ2v) is 4.29. The maximum atomic E-state index is 11.9. The number of carbonyl (C=O) groups is 1. The average molecular weight is 318 g/mol. The molecule has 2 N–H and O–H groups in total. The predicted octanol–water partition coefficient (Wildman–Crippen LogP) is 1.20. The van der Waals surface area contributed by atoms with E-state index in [0.717, 1.165) is 0 Å². The molecule has 0 saturated carbocycles. The summed E-state index contributed by atoms with van der Waals surface area (Å²) in [4.78, 5) is 11.9. The Balaban J connectivity index is 2.50. The third-order valence-electron chi connectivity index (χ3n) is 2.19. The monoisotopic (exact) mass is 317 g/mol. The highest BCUT2D eigenvalue weighted by molar-refractivity contribution is 9.10. The van der Waals surface area contributed by atoms with E-state index in [-0.39, 0.29) is 19.1 Å². The van der Waals surface area contributed by atoms with Crippen LogP contribution in [0.1, 0.15) is 10.4 Å². The van der Waals surface area contributed by atoms with Crippen LogP contribution in [0.15, 0.2) is 22.7 Å². The largest absolute Gasteiger partial charge is 0.497 e. The van der Waals surface area contributed by atoms with Crippen LogP contribution in [0.5, 0.6) is 5.75 Å². The molecule has 0 atom stereocenters. The standard InChI is InChI=1S/C12H16BrNO4/c1-17-9-2-3-11(13)10(8-9)12(16)14-4-6-18-7-5-15/h2-3,8,15H,4-7H2,1H3,(H,14,16). The average Bonchev–Trinajstić information content (AvgIpc) is 2.39. The minimum atomic E-state index is -0.201. The van der Waals surface area contributed by atoms with Crippen molar-refractivity contribution in [1.29, 1.82) is 0 Å². The smallest absolute Gasteiger partial charge is 0.252 e. The normalized spacial score (nSPS) is 10.2. The van der Waals surface area contributed by atoms with Gasteiger partial charge in [0.2, 0.25) is 0 Å². The lowest BCUT2D eigenvalue weighted by atomic mass is 10.2. The molecule has 0 aliphatic carbocycles. The summed E-state index contributed by atoms with van der Waals surface area (Å²) < 4.78 is 10.8. The molecule has 1 amide bonds. The van der Waals surface area contributed by atoms with E-state index in [4.69, 9.17) is 14.6 Å². The Morgan fingerprint density at radius 2 is 2.22 bits per heavy atom. The quantitative estimate of drug-likeness (QED) is 0.741. The van der Waals surface area contributed by atoms with E-state index < -0.39 is 0 Å². The third kappa shape index (κ3) is 4.64. The minimum absolute atomic E-state index is 0.0185. The molecular weight excluding hydrogens is 302 g/mol.